The first kappa shape index (κ1) is 25.2. The van der Waals surface area contributed by atoms with E-state index in [2.05, 4.69) is 13.8 Å². The zero-order valence-corrected chi connectivity index (χ0v) is 16.8. The van der Waals surface area contributed by atoms with Crippen LogP contribution < -0.4 is 0 Å². The summed E-state index contributed by atoms with van der Waals surface area (Å²) >= 11 is -0.181. The summed E-state index contributed by atoms with van der Waals surface area (Å²) in [6.45, 7) is 11.7. The molecule has 0 radical (unpaired) electrons. The van der Waals surface area contributed by atoms with E-state index in [9.17, 15) is 0 Å². The van der Waals surface area contributed by atoms with E-state index in [1.165, 1.54) is 44.9 Å². The molecule has 3 nitrogen and oxygen atoms in total. The molecule has 0 unspecified atom stereocenters. The van der Waals surface area contributed by atoms with Crippen LogP contribution in [0.15, 0.2) is 0 Å². The van der Waals surface area contributed by atoms with Crippen LogP contribution in [0.4, 0.5) is 0 Å². The fourth-order valence-electron chi connectivity index (χ4n) is 1.53. The average molecular weight is 396 g/mol. The Morgan fingerprint density at radius 3 is 0.955 bits per heavy atom. The van der Waals surface area contributed by atoms with E-state index in [0.29, 0.717) is 0 Å². The predicted octanol–water partition coefficient (Wildman–Crippen LogP) is 5.39. The molecule has 3 saturated heterocycles. The third-order valence-electron chi connectivity index (χ3n) is 2.84. The molecule has 3 aliphatic rings. The Labute approximate surface area is 152 Å². The Hall–Kier alpha value is 0.992. The van der Waals surface area contributed by atoms with Gasteiger partial charge in [-0.05, 0) is 38.5 Å². The summed E-state index contributed by atoms with van der Waals surface area (Å²) in [5, 5.41) is 0. The molecule has 3 aliphatic heterocycles. The van der Waals surface area contributed by atoms with Gasteiger partial charge in [0.05, 0.1) is 0 Å². The number of hydrogen-bond donors (Lipinski definition) is 0. The first-order valence-electron chi connectivity index (χ1n) is 8.25. The fourth-order valence-corrected chi connectivity index (χ4v) is 1.53. The van der Waals surface area contributed by atoms with E-state index in [-0.39, 0.29) is 13.4 Å². The van der Waals surface area contributed by atoms with Gasteiger partial charge in [-0.2, -0.15) is 6.42 Å². The molecule has 0 aromatic heterocycles. The summed E-state index contributed by atoms with van der Waals surface area (Å²) in [4.78, 5) is 0. The van der Waals surface area contributed by atoms with Crippen molar-refractivity contribution in [2.24, 2.45) is 0 Å². The van der Waals surface area contributed by atoms with E-state index < -0.39 is 0 Å². The molecule has 0 aromatic rings. The Bertz CT molecular complexity index is 117. The van der Waals surface area contributed by atoms with Crippen molar-refractivity contribution in [3.05, 3.63) is 6.92 Å². The standard InChI is InChI=1S/3C4H8O.C4H9.2ClH.Cr/c3*1-2-4-5-3-1;1-3-4-2;;;/h3*1-4H2;1,3-4H2,2H3;2*1H;/q;;;-1;;;+3/p-2. The van der Waals surface area contributed by atoms with E-state index >= 15 is 0 Å². The second-order valence-electron chi connectivity index (χ2n) is 4.87. The van der Waals surface area contributed by atoms with Crippen molar-refractivity contribution in [1.82, 2.24) is 0 Å². The van der Waals surface area contributed by atoms with Crippen LogP contribution in [0.3, 0.4) is 0 Å². The average Bonchev–Trinajstić information content (AvgIpc) is 3.37. The minimum atomic E-state index is -0.181. The Morgan fingerprint density at radius 1 is 0.727 bits per heavy atom. The van der Waals surface area contributed by atoms with Gasteiger partial charge >= 0.3 is 33.5 Å². The van der Waals surface area contributed by atoms with Crippen molar-refractivity contribution in [3.8, 4) is 0 Å². The van der Waals surface area contributed by atoms with Crippen LogP contribution >= 0.6 is 20.1 Å². The predicted molar refractivity (Wildman–Crippen MR) is 92.1 cm³/mol. The van der Waals surface area contributed by atoms with Crippen LogP contribution in [-0.4, -0.2) is 39.6 Å². The molecule has 6 heteroatoms. The van der Waals surface area contributed by atoms with Crippen molar-refractivity contribution < 1.29 is 27.6 Å². The molecule has 0 spiro atoms. The van der Waals surface area contributed by atoms with Crippen molar-refractivity contribution in [1.29, 1.82) is 0 Å². The van der Waals surface area contributed by atoms with Crippen LogP contribution in [0.5, 0.6) is 0 Å². The second kappa shape index (κ2) is 26.9. The Kier molecular flexibility index (Phi) is 30.8. The van der Waals surface area contributed by atoms with E-state index in [0.717, 1.165) is 46.1 Å². The van der Waals surface area contributed by atoms with Crippen molar-refractivity contribution >= 4 is 20.1 Å². The van der Waals surface area contributed by atoms with Gasteiger partial charge in [-0.25, -0.2) is 0 Å². The molecule has 3 fully saturated rings. The van der Waals surface area contributed by atoms with Crippen molar-refractivity contribution in [2.45, 2.75) is 58.3 Å². The van der Waals surface area contributed by atoms with Gasteiger partial charge in [0.2, 0.25) is 0 Å². The Balaban J connectivity index is 0. The monoisotopic (exact) mass is 395 g/mol. The summed E-state index contributed by atoms with van der Waals surface area (Å²) < 4.78 is 14.8. The van der Waals surface area contributed by atoms with Gasteiger partial charge in [-0.1, -0.05) is 13.3 Å². The molecule has 0 aliphatic carbocycles. The zero-order chi connectivity index (χ0) is 16.7. The molecule has 0 N–H and O–H groups in total. The molecular formula is C16H33Cl2CrO3. The first-order valence-corrected chi connectivity index (χ1v) is 11.8. The molecule has 3 heterocycles. The second-order valence-corrected chi connectivity index (χ2v) is 6.98. The maximum absolute atomic E-state index is 4.94. The number of rotatable bonds is 1. The van der Waals surface area contributed by atoms with Gasteiger partial charge in [-0.15, -0.1) is 0 Å². The van der Waals surface area contributed by atoms with Gasteiger partial charge < -0.3 is 21.1 Å². The molecule has 135 valence electrons. The third-order valence-corrected chi connectivity index (χ3v) is 2.84. The van der Waals surface area contributed by atoms with Gasteiger partial charge in [0.15, 0.2) is 0 Å². The van der Waals surface area contributed by atoms with Crippen molar-refractivity contribution in [2.75, 3.05) is 39.6 Å². The number of unbranched alkanes of at least 4 members (excludes halogenated alkanes) is 1. The quantitative estimate of drug-likeness (QED) is 0.557. The number of ether oxygens (including phenoxy) is 3. The van der Waals surface area contributed by atoms with Crippen LogP contribution in [0, 0.1) is 6.92 Å². The summed E-state index contributed by atoms with van der Waals surface area (Å²) in [7, 11) is 9.65. The third kappa shape index (κ3) is 29.1. The molecule has 0 amide bonds. The molecule has 0 bridgehead atoms. The van der Waals surface area contributed by atoms with Crippen LogP contribution in [-0.2, 0) is 27.6 Å². The SMILES string of the molecule is C1CCOC1.C1CCOC1.C1CCOC1.[CH2-]CCC.[Cl][Cr+][Cl]. The van der Waals surface area contributed by atoms with Crippen LogP contribution in [0.1, 0.15) is 58.3 Å². The van der Waals surface area contributed by atoms with E-state index in [4.69, 9.17) is 34.3 Å². The fraction of sp³-hybridized carbons (Fsp3) is 0.938. The molecule has 0 saturated carbocycles. The summed E-state index contributed by atoms with van der Waals surface area (Å²) in [6.07, 6.45) is 9.94. The number of halogens is 2. The van der Waals surface area contributed by atoms with Crippen molar-refractivity contribution in [3.63, 3.8) is 0 Å². The van der Waals surface area contributed by atoms with Crippen LogP contribution in [0.2, 0.25) is 0 Å². The molecular weight excluding hydrogens is 363 g/mol. The molecule has 0 aromatic carbocycles. The van der Waals surface area contributed by atoms with Gasteiger partial charge in [0.25, 0.3) is 0 Å². The zero-order valence-electron chi connectivity index (χ0n) is 14.0. The Morgan fingerprint density at radius 2 is 0.909 bits per heavy atom. The number of hydrogen-bond acceptors (Lipinski definition) is 3. The van der Waals surface area contributed by atoms with Gasteiger partial charge in [0.1, 0.15) is 0 Å². The first-order chi connectivity index (χ1) is 10.8. The minimum absolute atomic E-state index is 0.181. The van der Waals surface area contributed by atoms with Crippen LogP contribution in [0.25, 0.3) is 0 Å². The maximum atomic E-state index is 4.94. The topological polar surface area (TPSA) is 27.7 Å². The molecule has 3 rings (SSSR count). The van der Waals surface area contributed by atoms with E-state index in [1.54, 1.807) is 0 Å². The molecule has 22 heavy (non-hydrogen) atoms. The summed E-state index contributed by atoms with van der Waals surface area (Å²) in [6, 6.07) is 0. The summed E-state index contributed by atoms with van der Waals surface area (Å²) in [5.74, 6) is 0. The normalized spacial score (nSPS) is 18.4. The van der Waals surface area contributed by atoms with Gasteiger partial charge in [0, 0.05) is 39.6 Å². The van der Waals surface area contributed by atoms with Gasteiger partial charge in [-0.3, -0.25) is 0 Å². The summed E-state index contributed by atoms with van der Waals surface area (Å²) in [5.41, 5.74) is 0. The molecule has 0 atom stereocenters. The van der Waals surface area contributed by atoms with E-state index in [1.807, 2.05) is 0 Å².